The van der Waals surface area contributed by atoms with Gasteiger partial charge in [0.05, 0.1) is 13.7 Å². The van der Waals surface area contributed by atoms with Crippen molar-refractivity contribution < 1.29 is 23.8 Å². The second kappa shape index (κ2) is 12.1. The van der Waals surface area contributed by atoms with E-state index in [4.69, 9.17) is 14.2 Å². The van der Waals surface area contributed by atoms with Gasteiger partial charge in [-0.2, -0.15) is 0 Å². The van der Waals surface area contributed by atoms with E-state index in [1.165, 1.54) is 12.8 Å². The number of benzene rings is 1. The molecule has 1 aliphatic carbocycles. The smallest absolute Gasteiger partial charge is 0.250 e. The third-order valence-electron chi connectivity index (χ3n) is 6.42. The Morgan fingerprint density at radius 3 is 2.41 bits per heavy atom. The number of rotatable bonds is 10. The quantitative estimate of drug-likeness (QED) is 0.402. The second-order valence-corrected chi connectivity index (χ2v) is 8.49. The molecule has 7 heteroatoms. The highest BCUT2D eigenvalue weighted by Crippen LogP contribution is 2.36. The minimum atomic E-state index is -0.647. The van der Waals surface area contributed by atoms with Crippen LogP contribution in [0, 0.1) is 0 Å². The zero-order valence-corrected chi connectivity index (χ0v) is 19.8. The molecule has 1 aromatic carbocycles. The van der Waals surface area contributed by atoms with Crippen molar-refractivity contribution in [3.63, 3.8) is 0 Å². The summed E-state index contributed by atoms with van der Waals surface area (Å²) in [6.07, 6.45) is 7.28. The molecule has 1 saturated heterocycles. The number of ether oxygens (including phenoxy) is 3. The summed E-state index contributed by atoms with van der Waals surface area (Å²) >= 11 is 0. The molecular weight excluding hydrogens is 408 g/mol. The van der Waals surface area contributed by atoms with E-state index in [9.17, 15) is 9.59 Å². The Labute approximate surface area is 192 Å². The van der Waals surface area contributed by atoms with Crippen LogP contribution in [0.1, 0.15) is 70.4 Å². The lowest BCUT2D eigenvalue weighted by Gasteiger charge is -2.43. The van der Waals surface area contributed by atoms with Gasteiger partial charge in [0.2, 0.25) is 5.91 Å². The Bertz CT molecular complexity index is 761. The van der Waals surface area contributed by atoms with Gasteiger partial charge in [0.1, 0.15) is 12.6 Å². The average Bonchev–Trinajstić information content (AvgIpc) is 3.08. The Kier molecular flexibility index (Phi) is 9.21. The fraction of sp³-hybridized carbons (Fsp3) is 0.680. The summed E-state index contributed by atoms with van der Waals surface area (Å²) in [4.78, 5) is 30.7. The Morgan fingerprint density at radius 1 is 1.00 bits per heavy atom. The van der Waals surface area contributed by atoms with E-state index in [1.54, 1.807) is 12.0 Å². The van der Waals surface area contributed by atoms with E-state index >= 15 is 0 Å². The zero-order valence-electron chi connectivity index (χ0n) is 19.8. The number of nitrogens with zero attached hydrogens (tertiary/aromatic N) is 2. The average molecular weight is 447 g/mol. The highest BCUT2D eigenvalue weighted by atomic mass is 16.5. The Balaban J connectivity index is 1.91. The van der Waals surface area contributed by atoms with Crippen molar-refractivity contribution in [3.8, 4) is 11.5 Å². The van der Waals surface area contributed by atoms with Crippen LogP contribution < -0.4 is 9.47 Å². The summed E-state index contributed by atoms with van der Waals surface area (Å²) in [5.41, 5.74) is 0.762. The number of carbonyl (C=O) groups excluding carboxylic acids is 2. The summed E-state index contributed by atoms with van der Waals surface area (Å²) in [5.74, 6) is 1.23. The lowest BCUT2D eigenvalue weighted by atomic mass is 9.97. The molecule has 3 rings (SSSR count). The molecule has 32 heavy (non-hydrogen) atoms. The summed E-state index contributed by atoms with van der Waals surface area (Å²) in [6.45, 7) is 6.26. The van der Waals surface area contributed by atoms with Crippen LogP contribution in [0.2, 0.25) is 0 Å². The fourth-order valence-electron chi connectivity index (χ4n) is 4.81. The molecule has 1 aliphatic heterocycles. The lowest BCUT2D eigenvalue weighted by molar-refractivity contribution is -0.159. The normalized spacial score (nSPS) is 20.4. The van der Waals surface area contributed by atoms with Crippen molar-refractivity contribution in [2.24, 2.45) is 0 Å². The molecule has 0 radical (unpaired) electrons. The standard InChI is InChI=1S/C25H38N2O5/c1-4-31-16-10-15-26-23(28)18-27(20-11-8-6-7-9-12-20)25(29)24(26)19-13-14-21(32-5-2)22(17-19)30-3/h13-14,17,20,24H,4-12,15-16,18H2,1-3H3/t24-/m0/s1. The van der Waals surface area contributed by atoms with Crippen molar-refractivity contribution in [3.05, 3.63) is 23.8 Å². The Hall–Kier alpha value is -2.28. The number of piperazine rings is 1. The van der Waals surface area contributed by atoms with E-state index in [0.717, 1.165) is 31.2 Å². The van der Waals surface area contributed by atoms with Gasteiger partial charge in [0, 0.05) is 25.8 Å². The topological polar surface area (TPSA) is 68.3 Å². The predicted octanol–water partition coefficient (Wildman–Crippen LogP) is 3.96. The molecule has 0 N–H and O–H groups in total. The second-order valence-electron chi connectivity index (χ2n) is 8.49. The maximum absolute atomic E-state index is 13.8. The van der Waals surface area contributed by atoms with Crippen molar-refractivity contribution >= 4 is 11.8 Å². The summed E-state index contributed by atoms with van der Waals surface area (Å²) in [7, 11) is 1.59. The molecule has 2 aliphatic rings. The van der Waals surface area contributed by atoms with Gasteiger partial charge >= 0.3 is 0 Å². The lowest BCUT2D eigenvalue weighted by Crippen LogP contribution is -2.58. The van der Waals surface area contributed by atoms with E-state index in [1.807, 2.05) is 36.9 Å². The molecule has 1 aromatic rings. The first-order valence-corrected chi connectivity index (χ1v) is 12.1. The first-order chi connectivity index (χ1) is 15.6. The third kappa shape index (κ3) is 5.74. The third-order valence-corrected chi connectivity index (χ3v) is 6.42. The Morgan fingerprint density at radius 2 is 1.75 bits per heavy atom. The van der Waals surface area contributed by atoms with E-state index in [0.29, 0.717) is 44.3 Å². The molecule has 1 saturated carbocycles. The maximum Gasteiger partial charge on any atom is 0.250 e. The van der Waals surface area contributed by atoms with Gasteiger partial charge in [-0.3, -0.25) is 9.59 Å². The van der Waals surface area contributed by atoms with Gasteiger partial charge in [-0.25, -0.2) is 0 Å². The van der Waals surface area contributed by atoms with Gasteiger partial charge in [-0.1, -0.05) is 31.7 Å². The van der Waals surface area contributed by atoms with Crippen LogP contribution in [0.15, 0.2) is 18.2 Å². The summed E-state index contributed by atoms with van der Waals surface area (Å²) < 4.78 is 16.6. The molecular formula is C25H38N2O5. The molecule has 0 spiro atoms. The fourth-order valence-corrected chi connectivity index (χ4v) is 4.81. The highest BCUT2D eigenvalue weighted by molar-refractivity contribution is 5.96. The zero-order chi connectivity index (χ0) is 22.9. The van der Waals surface area contributed by atoms with E-state index in [-0.39, 0.29) is 24.4 Å². The van der Waals surface area contributed by atoms with Crippen LogP contribution in [0.5, 0.6) is 11.5 Å². The van der Waals surface area contributed by atoms with Gasteiger partial charge in [-0.15, -0.1) is 0 Å². The van der Waals surface area contributed by atoms with Crippen LogP contribution in [-0.2, 0) is 14.3 Å². The van der Waals surface area contributed by atoms with Crippen molar-refractivity contribution in [1.82, 2.24) is 9.80 Å². The molecule has 0 unspecified atom stereocenters. The van der Waals surface area contributed by atoms with Crippen LogP contribution >= 0.6 is 0 Å². The number of hydrogen-bond acceptors (Lipinski definition) is 5. The maximum atomic E-state index is 13.8. The van der Waals surface area contributed by atoms with Gasteiger partial charge in [-0.05, 0) is 50.8 Å². The van der Waals surface area contributed by atoms with Crippen molar-refractivity contribution in [2.45, 2.75) is 70.9 Å². The monoisotopic (exact) mass is 446 g/mol. The first-order valence-electron chi connectivity index (χ1n) is 12.1. The minimum absolute atomic E-state index is 0.00296. The summed E-state index contributed by atoms with van der Waals surface area (Å²) in [6, 6.07) is 5.05. The van der Waals surface area contributed by atoms with Gasteiger partial charge in [0.25, 0.3) is 5.91 Å². The SMILES string of the molecule is CCOCCCN1C(=O)CN(C2CCCCCC2)C(=O)[C@@H]1c1ccc(OCC)c(OC)c1. The van der Waals surface area contributed by atoms with Crippen LogP contribution in [0.3, 0.4) is 0 Å². The van der Waals surface area contributed by atoms with Crippen LogP contribution in [-0.4, -0.2) is 67.7 Å². The minimum Gasteiger partial charge on any atom is -0.493 e. The highest BCUT2D eigenvalue weighted by Gasteiger charge is 2.42. The molecule has 1 atom stereocenters. The van der Waals surface area contributed by atoms with Crippen molar-refractivity contribution in [2.75, 3.05) is 40.0 Å². The van der Waals surface area contributed by atoms with Crippen molar-refractivity contribution in [1.29, 1.82) is 0 Å². The van der Waals surface area contributed by atoms with Gasteiger partial charge in [0.15, 0.2) is 11.5 Å². The van der Waals surface area contributed by atoms with Crippen LogP contribution in [0.4, 0.5) is 0 Å². The molecule has 1 heterocycles. The number of amides is 2. The predicted molar refractivity (Wildman–Crippen MR) is 123 cm³/mol. The van der Waals surface area contributed by atoms with E-state index < -0.39 is 6.04 Å². The molecule has 7 nitrogen and oxygen atoms in total. The first kappa shape index (κ1) is 24.4. The summed E-state index contributed by atoms with van der Waals surface area (Å²) in [5, 5.41) is 0. The largest absolute Gasteiger partial charge is 0.493 e. The molecule has 2 fully saturated rings. The van der Waals surface area contributed by atoms with Gasteiger partial charge < -0.3 is 24.0 Å². The number of hydrogen-bond donors (Lipinski definition) is 0. The molecule has 0 bridgehead atoms. The molecule has 178 valence electrons. The molecule has 0 aromatic heterocycles. The number of methoxy groups -OCH3 is 1. The molecule has 2 amide bonds. The number of carbonyl (C=O) groups is 2. The van der Waals surface area contributed by atoms with E-state index in [2.05, 4.69) is 0 Å². The van der Waals surface area contributed by atoms with Crippen LogP contribution in [0.25, 0.3) is 0 Å².